The lowest BCUT2D eigenvalue weighted by molar-refractivity contribution is -0.129. The van der Waals surface area contributed by atoms with Crippen molar-refractivity contribution in [2.24, 2.45) is 4.99 Å². The zero-order valence-corrected chi connectivity index (χ0v) is 18.8. The molecule has 2 aliphatic rings. The van der Waals surface area contributed by atoms with Gasteiger partial charge in [0.25, 0.3) is 5.91 Å². The molecule has 1 fully saturated rings. The van der Waals surface area contributed by atoms with Gasteiger partial charge in [-0.3, -0.25) is 4.79 Å². The molecule has 1 amide bonds. The summed E-state index contributed by atoms with van der Waals surface area (Å²) in [7, 11) is 1.61. The topological polar surface area (TPSA) is 89.4 Å². The van der Waals surface area contributed by atoms with E-state index in [1.54, 1.807) is 13.2 Å². The maximum Gasteiger partial charge on any atom is 0.252 e. The van der Waals surface area contributed by atoms with Crippen molar-refractivity contribution < 1.29 is 24.1 Å². The smallest absolute Gasteiger partial charge is 0.252 e. The van der Waals surface area contributed by atoms with Gasteiger partial charge < -0.3 is 24.6 Å². The molecule has 7 heteroatoms. The van der Waals surface area contributed by atoms with Gasteiger partial charge in [0.05, 0.1) is 13.7 Å². The Balaban J connectivity index is 1.68. The summed E-state index contributed by atoms with van der Waals surface area (Å²) < 4.78 is 17.4. The first-order chi connectivity index (χ1) is 16.1. The minimum absolute atomic E-state index is 0.0860. The highest BCUT2D eigenvalue weighted by atomic mass is 16.5. The van der Waals surface area contributed by atoms with Gasteiger partial charge in [-0.2, -0.15) is 0 Å². The third-order valence-electron chi connectivity index (χ3n) is 5.79. The third-order valence-corrected chi connectivity index (χ3v) is 5.79. The number of carbonyl (C=O) groups excluding carboxylic acids is 1. The van der Waals surface area contributed by atoms with Crippen LogP contribution in [-0.2, 0) is 9.53 Å². The molecule has 2 atom stereocenters. The summed E-state index contributed by atoms with van der Waals surface area (Å²) in [6.07, 6.45) is 3.95. The average Bonchev–Trinajstić information content (AvgIpc) is 3.57. The number of benzene rings is 2. The van der Waals surface area contributed by atoms with Crippen LogP contribution in [0.1, 0.15) is 42.9 Å². The molecule has 0 radical (unpaired) electrons. The van der Waals surface area contributed by atoms with Crippen molar-refractivity contribution in [2.75, 3.05) is 20.3 Å². The molecular weight excluding hydrogens is 420 g/mol. The molecule has 174 valence electrons. The van der Waals surface area contributed by atoms with E-state index in [9.17, 15) is 4.79 Å². The lowest BCUT2D eigenvalue weighted by Crippen LogP contribution is -2.48. The fourth-order valence-electron chi connectivity index (χ4n) is 3.88. The molecular formula is C26H30N2O5. The van der Waals surface area contributed by atoms with Crippen molar-refractivity contribution >= 4 is 11.8 Å². The van der Waals surface area contributed by atoms with Gasteiger partial charge in [0.15, 0.2) is 11.6 Å². The Kier molecular flexibility index (Phi) is 6.99. The summed E-state index contributed by atoms with van der Waals surface area (Å²) in [4.78, 5) is 18.4. The van der Waals surface area contributed by atoms with E-state index in [2.05, 4.69) is 11.9 Å². The van der Waals surface area contributed by atoms with Crippen molar-refractivity contribution in [1.29, 1.82) is 0 Å². The van der Waals surface area contributed by atoms with Gasteiger partial charge in [0.2, 0.25) is 5.90 Å². The minimum atomic E-state index is -1.16. The van der Waals surface area contributed by atoms with Crippen molar-refractivity contribution in [3.05, 3.63) is 72.3 Å². The predicted octanol–water partition coefficient (Wildman–Crippen LogP) is 3.57. The van der Waals surface area contributed by atoms with E-state index >= 15 is 0 Å². The molecule has 0 spiro atoms. The molecule has 2 aromatic rings. The van der Waals surface area contributed by atoms with Crippen LogP contribution in [0.2, 0.25) is 0 Å². The Hall–Kier alpha value is -3.32. The third kappa shape index (κ3) is 5.03. The van der Waals surface area contributed by atoms with Crippen LogP contribution in [0.4, 0.5) is 0 Å². The number of ether oxygens (including phenoxy) is 3. The summed E-state index contributed by atoms with van der Waals surface area (Å²) in [6, 6.07) is 15.1. The first-order valence-corrected chi connectivity index (χ1v) is 11.3. The first-order valence-electron chi connectivity index (χ1n) is 11.3. The van der Waals surface area contributed by atoms with Crippen LogP contribution in [0.5, 0.6) is 11.5 Å². The Morgan fingerprint density at radius 2 is 2.06 bits per heavy atom. The molecule has 1 aliphatic heterocycles. The molecule has 0 bridgehead atoms. The lowest BCUT2D eigenvalue weighted by Gasteiger charge is -2.29. The zero-order chi connectivity index (χ0) is 23.3. The van der Waals surface area contributed by atoms with Gasteiger partial charge in [0, 0.05) is 31.1 Å². The van der Waals surface area contributed by atoms with E-state index in [-0.39, 0.29) is 18.6 Å². The number of aliphatic hydroxyl groups is 1. The van der Waals surface area contributed by atoms with Crippen molar-refractivity contribution in [2.45, 2.75) is 43.4 Å². The summed E-state index contributed by atoms with van der Waals surface area (Å²) in [5.74, 6) is 1.62. The molecule has 2 N–H and O–H groups in total. The number of amides is 1. The summed E-state index contributed by atoms with van der Waals surface area (Å²) in [5, 5.41) is 12.0. The average molecular weight is 451 g/mol. The first kappa shape index (κ1) is 22.9. The summed E-state index contributed by atoms with van der Waals surface area (Å²) in [6.45, 7) is 4.41. The number of carbonyl (C=O) groups is 1. The Morgan fingerprint density at radius 3 is 2.73 bits per heavy atom. The number of nitrogens with one attached hydrogen (secondary N) is 1. The summed E-state index contributed by atoms with van der Waals surface area (Å²) in [5.41, 5.74) is 0.398. The van der Waals surface area contributed by atoms with Crippen molar-refractivity contribution in [3.63, 3.8) is 0 Å². The van der Waals surface area contributed by atoms with Gasteiger partial charge in [-0.05, 0) is 54.8 Å². The molecule has 0 saturated heterocycles. The van der Waals surface area contributed by atoms with Gasteiger partial charge in [-0.25, -0.2) is 4.99 Å². The highest BCUT2D eigenvalue weighted by molar-refractivity contribution is 6.01. The molecule has 33 heavy (non-hydrogen) atoms. The molecule has 1 aliphatic carbocycles. The Morgan fingerprint density at radius 1 is 1.27 bits per heavy atom. The van der Waals surface area contributed by atoms with E-state index in [1.807, 2.05) is 48.5 Å². The molecule has 1 saturated carbocycles. The molecule has 2 aromatic carbocycles. The van der Waals surface area contributed by atoms with Crippen LogP contribution in [-0.4, -0.2) is 48.8 Å². The second-order valence-corrected chi connectivity index (χ2v) is 8.31. The molecule has 0 aromatic heterocycles. The van der Waals surface area contributed by atoms with Gasteiger partial charge in [0.1, 0.15) is 11.5 Å². The number of aliphatic imine (C=N–C) groups is 1. The molecule has 4 rings (SSSR count). The van der Waals surface area contributed by atoms with E-state index in [4.69, 9.17) is 24.3 Å². The minimum Gasteiger partial charge on any atom is -0.497 e. The highest BCUT2D eigenvalue weighted by Gasteiger charge is 2.53. The number of hydrogen-bond acceptors (Lipinski definition) is 6. The fourth-order valence-corrected chi connectivity index (χ4v) is 3.88. The maximum atomic E-state index is 13.5. The Bertz CT molecular complexity index is 1020. The quantitative estimate of drug-likeness (QED) is 0.404. The van der Waals surface area contributed by atoms with Crippen LogP contribution in [0.25, 0.3) is 0 Å². The second kappa shape index (κ2) is 10.1. The number of aliphatic hydroxyl groups excluding tert-OH is 1. The zero-order valence-electron chi connectivity index (χ0n) is 18.8. The van der Waals surface area contributed by atoms with Gasteiger partial charge >= 0.3 is 0 Å². The van der Waals surface area contributed by atoms with E-state index in [1.165, 1.54) is 0 Å². The highest BCUT2D eigenvalue weighted by Crippen LogP contribution is 2.44. The summed E-state index contributed by atoms with van der Waals surface area (Å²) >= 11 is 0. The largest absolute Gasteiger partial charge is 0.497 e. The van der Waals surface area contributed by atoms with E-state index < -0.39 is 11.6 Å². The van der Waals surface area contributed by atoms with Crippen LogP contribution in [0.15, 0.2) is 66.2 Å². The lowest BCUT2D eigenvalue weighted by atomic mass is 9.84. The number of methoxy groups -OCH3 is 1. The van der Waals surface area contributed by atoms with Crippen molar-refractivity contribution in [1.82, 2.24) is 5.32 Å². The van der Waals surface area contributed by atoms with Gasteiger partial charge in [-0.1, -0.05) is 18.2 Å². The molecule has 0 unspecified atom stereocenters. The molecule has 7 nitrogen and oxygen atoms in total. The van der Waals surface area contributed by atoms with Crippen molar-refractivity contribution in [3.8, 4) is 11.5 Å². The number of nitrogens with zero attached hydrogens (tertiary/aromatic N) is 1. The molecule has 1 heterocycles. The van der Waals surface area contributed by atoms with E-state index in [0.717, 1.165) is 24.0 Å². The van der Waals surface area contributed by atoms with Crippen LogP contribution < -0.4 is 14.8 Å². The Labute approximate surface area is 194 Å². The van der Waals surface area contributed by atoms with Crippen LogP contribution in [0.3, 0.4) is 0 Å². The SMILES string of the molecule is C=CC[C@@]1(C(=O)NC2CC2)N=C(c2ccc(OCCCO)cc2)O[C@@H]1c1cccc(OC)c1. The van der Waals surface area contributed by atoms with Crippen LogP contribution >= 0.6 is 0 Å². The monoisotopic (exact) mass is 450 g/mol. The van der Waals surface area contributed by atoms with Gasteiger partial charge in [-0.15, -0.1) is 6.58 Å². The van der Waals surface area contributed by atoms with Crippen LogP contribution in [0, 0.1) is 0 Å². The fraction of sp³-hybridized carbons (Fsp3) is 0.385. The number of rotatable bonds is 11. The number of hydrogen-bond donors (Lipinski definition) is 2. The normalized spacial score (nSPS) is 21.6. The predicted molar refractivity (Wildman–Crippen MR) is 126 cm³/mol. The standard InChI is InChI=1S/C26H30N2O5/c1-3-14-26(25(30)27-20-10-11-20)23(19-6-4-7-22(17-19)31-2)33-24(28-26)18-8-12-21(13-9-18)32-16-5-15-29/h3-4,6-9,12-13,17,20,23,29H,1,5,10-11,14-16H2,2H3,(H,27,30)/t23-,26-/m1/s1. The van der Waals surface area contributed by atoms with E-state index in [0.29, 0.717) is 36.8 Å². The maximum absolute atomic E-state index is 13.5. The second-order valence-electron chi connectivity index (χ2n) is 8.31.